The molecule has 0 saturated carbocycles. The van der Waals surface area contributed by atoms with Gasteiger partial charge < -0.3 is 10.6 Å². The van der Waals surface area contributed by atoms with E-state index >= 15 is 0 Å². The first-order chi connectivity index (χ1) is 6.52. The van der Waals surface area contributed by atoms with Crippen LogP contribution < -0.4 is 5.73 Å². The number of thiocarbonyl (C=S) groups is 1. The van der Waals surface area contributed by atoms with E-state index in [1.807, 2.05) is 0 Å². The Kier molecular flexibility index (Phi) is 7.11. The van der Waals surface area contributed by atoms with Gasteiger partial charge in [-0.15, -0.1) is 0 Å². The molecule has 0 aliphatic carbocycles. The summed E-state index contributed by atoms with van der Waals surface area (Å²) in [6, 6.07) is 1.13. The van der Waals surface area contributed by atoms with Gasteiger partial charge in [0, 0.05) is 18.5 Å². The van der Waals surface area contributed by atoms with Crippen molar-refractivity contribution in [2.75, 3.05) is 7.05 Å². The summed E-state index contributed by atoms with van der Waals surface area (Å²) in [5, 5.41) is 0. The summed E-state index contributed by atoms with van der Waals surface area (Å²) in [6.45, 7) is 6.68. The second-order valence-corrected chi connectivity index (χ2v) is 4.56. The Bertz CT molecular complexity index is 171. The summed E-state index contributed by atoms with van der Waals surface area (Å²) in [6.07, 6.45) is 4.43. The molecule has 14 heavy (non-hydrogen) atoms. The first-order valence-electron chi connectivity index (χ1n) is 5.53. The van der Waals surface area contributed by atoms with Crippen LogP contribution in [-0.2, 0) is 0 Å². The molecule has 3 heteroatoms. The van der Waals surface area contributed by atoms with Gasteiger partial charge in [0.2, 0.25) is 0 Å². The number of nitrogens with two attached hydrogens (primary N) is 1. The van der Waals surface area contributed by atoms with Gasteiger partial charge in [-0.2, -0.15) is 0 Å². The zero-order valence-corrected chi connectivity index (χ0v) is 10.7. The Morgan fingerprint density at radius 3 is 2.36 bits per heavy atom. The van der Waals surface area contributed by atoms with E-state index in [1.165, 1.54) is 12.8 Å². The molecule has 0 amide bonds. The molecule has 2 nitrogen and oxygen atoms in total. The van der Waals surface area contributed by atoms with Crippen LogP contribution in [0.1, 0.15) is 46.5 Å². The van der Waals surface area contributed by atoms with E-state index < -0.39 is 0 Å². The normalized spacial score (nSPS) is 15.5. The lowest BCUT2D eigenvalue weighted by Crippen LogP contribution is -2.40. The lowest BCUT2D eigenvalue weighted by molar-refractivity contribution is 0.174. The molecule has 0 bridgehead atoms. The molecule has 0 aliphatic rings. The smallest absolute Gasteiger partial charge is 0.0743 e. The Morgan fingerprint density at radius 1 is 1.43 bits per heavy atom. The minimum absolute atomic E-state index is 0.508. The molecular formula is C11H24N2S. The van der Waals surface area contributed by atoms with E-state index in [2.05, 4.69) is 32.7 Å². The Morgan fingerprint density at radius 2 is 2.00 bits per heavy atom. The first kappa shape index (κ1) is 13.8. The molecule has 0 fully saturated rings. The second-order valence-electron chi connectivity index (χ2n) is 4.04. The quantitative estimate of drug-likeness (QED) is 0.663. The minimum Gasteiger partial charge on any atom is -0.393 e. The largest absolute Gasteiger partial charge is 0.393 e. The van der Waals surface area contributed by atoms with Crippen molar-refractivity contribution in [1.82, 2.24) is 4.90 Å². The zero-order chi connectivity index (χ0) is 11.1. The van der Waals surface area contributed by atoms with Gasteiger partial charge in [0.25, 0.3) is 0 Å². The Hall–Kier alpha value is -0.150. The van der Waals surface area contributed by atoms with Crippen molar-refractivity contribution in [2.45, 2.75) is 58.5 Å². The number of nitrogens with zero attached hydrogens (tertiary/aromatic N) is 1. The van der Waals surface area contributed by atoms with Crippen LogP contribution in [0.4, 0.5) is 0 Å². The highest BCUT2D eigenvalue weighted by Crippen LogP contribution is 2.13. The molecule has 0 rings (SSSR count). The van der Waals surface area contributed by atoms with Crippen LogP contribution in [-0.4, -0.2) is 29.0 Å². The van der Waals surface area contributed by atoms with Gasteiger partial charge in [0.15, 0.2) is 0 Å². The standard InChI is InChI=1S/C11H24N2S/c1-5-7-9(3)13(4)10(6-2)8-11(12)14/h9-10H,5-8H2,1-4H3,(H2,12,14). The summed E-state index contributed by atoms with van der Waals surface area (Å²) >= 11 is 4.96. The molecule has 2 N–H and O–H groups in total. The van der Waals surface area contributed by atoms with E-state index in [-0.39, 0.29) is 0 Å². The van der Waals surface area contributed by atoms with Crippen molar-refractivity contribution >= 4 is 17.2 Å². The van der Waals surface area contributed by atoms with E-state index in [1.54, 1.807) is 0 Å². The second kappa shape index (κ2) is 7.18. The molecule has 84 valence electrons. The van der Waals surface area contributed by atoms with Gasteiger partial charge in [0.05, 0.1) is 4.99 Å². The first-order valence-corrected chi connectivity index (χ1v) is 5.93. The summed E-state index contributed by atoms with van der Waals surface area (Å²) < 4.78 is 0. The summed E-state index contributed by atoms with van der Waals surface area (Å²) in [5.74, 6) is 0. The molecule has 2 atom stereocenters. The van der Waals surface area contributed by atoms with Gasteiger partial charge in [0.1, 0.15) is 0 Å². The van der Waals surface area contributed by atoms with Crippen molar-refractivity contribution in [2.24, 2.45) is 5.73 Å². The van der Waals surface area contributed by atoms with Crippen molar-refractivity contribution in [3.05, 3.63) is 0 Å². The Balaban J connectivity index is 4.14. The molecule has 0 aliphatic heterocycles. The molecular weight excluding hydrogens is 192 g/mol. The monoisotopic (exact) mass is 216 g/mol. The summed E-state index contributed by atoms with van der Waals surface area (Å²) in [4.78, 5) is 3.04. The molecule has 2 unspecified atom stereocenters. The zero-order valence-electron chi connectivity index (χ0n) is 9.92. The predicted molar refractivity (Wildman–Crippen MR) is 67.6 cm³/mol. The fourth-order valence-corrected chi connectivity index (χ4v) is 1.98. The molecule has 0 saturated heterocycles. The molecule has 0 radical (unpaired) electrons. The predicted octanol–water partition coefficient (Wildman–Crippen LogP) is 2.56. The lowest BCUT2D eigenvalue weighted by Gasteiger charge is -2.32. The number of rotatable bonds is 7. The highest BCUT2D eigenvalue weighted by Gasteiger charge is 2.18. The van der Waals surface area contributed by atoms with Crippen LogP contribution in [0.15, 0.2) is 0 Å². The van der Waals surface area contributed by atoms with E-state index in [0.717, 1.165) is 12.8 Å². The van der Waals surface area contributed by atoms with Gasteiger partial charge >= 0.3 is 0 Å². The maximum absolute atomic E-state index is 5.59. The van der Waals surface area contributed by atoms with Gasteiger partial charge in [-0.05, 0) is 26.8 Å². The maximum atomic E-state index is 5.59. The fourth-order valence-electron chi connectivity index (χ4n) is 1.79. The maximum Gasteiger partial charge on any atom is 0.0743 e. The molecule has 0 aromatic heterocycles. The van der Waals surface area contributed by atoms with Crippen LogP contribution in [0.25, 0.3) is 0 Å². The minimum atomic E-state index is 0.508. The van der Waals surface area contributed by atoms with E-state index in [0.29, 0.717) is 17.1 Å². The molecule has 0 aromatic rings. The molecule has 0 spiro atoms. The molecule has 0 aromatic carbocycles. The fraction of sp³-hybridized carbons (Fsp3) is 0.909. The average molecular weight is 216 g/mol. The average Bonchev–Trinajstić information content (AvgIpc) is 2.13. The lowest BCUT2D eigenvalue weighted by atomic mass is 10.1. The number of hydrogen-bond acceptors (Lipinski definition) is 2. The SMILES string of the molecule is CCCC(C)N(C)C(CC)CC(N)=S. The van der Waals surface area contributed by atoms with E-state index in [9.17, 15) is 0 Å². The van der Waals surface area contributed by atoms with Gasteiger partial charge in [-0.25, -0.2) is 0 Å². The van der Waals surface area contributed by atoms with Crippen LogP contribution in [0.5, 0.6) is 0 Å². The van der Waals surface area contributed by atoms with Crippen LogP contribution in [0, 0.1) is 0 Å². The van der Waals surface area contributed by atoms with Crippen LogP contribution >= 0.6 is 12.2 Å². The van der Waals surface area contributed by atoms with Crippen molar-refractivity contribution in [1.29, 1.82) is 0 Å². The third-order valence-corrected chi connectivity index (χ3v) is 3.05. The van der Waals surface area contributed by atoms with E-state index in [4.69, 9.17) is 18.0 Å². The van der Waals surface area contributed by atoms with Crippen molar-refractivity contribution in [3.63, 3.8) is 0 Å². The third-order valence-electron chi connectivity index (χ3n) is 2.89. The van der Waals surface area contributed by atoms with Gasteiger partial charge in [-0.3, -0.25) is 0 Å². The van der Waals surface area contributed by atoms with Gasteiger partial charge in [-0.1, -0.05) is 32.5 Å². The molecule has 0 heterocycles. The van der Waals surface area contributed by atoms with Crippen molar-refractivity contribution < 1.29 is 0 Å². The summed E-state index contributed by atoms with van der Waals surface area (Å²) in [5.41, 5.74) is 5.59. The highest BCUT2D eigenvalue weighted by atomic mass is 32.1. The number of hydrogen-bond donors (Lipinski definition) is 1. The summed E-state index contributed by atoms with van der Waals surface area (Å²) in [7, 11) is 2.17. The van der Waals surface area contributed by atoms with Crippen LogP contribution in [0.3, 0.4) is 0 Å². The third kappa shape index (κ3) is 4.91. The van der Waals surface area contributed by atoms with Crippen LogP contribution in [0.2, 0.25) is 0 Å². The van der Waals surface area contributed by atoms with Crippen molar-refractivity contribution in [3.8, 4) is 0 Å². The Labute approximate surface area is 93.8 Å². The topological polar surface area (TPSA) is 29.3 Å². The highest BCUT2D eigenvalue weighted by molar-refractivity contribution is 7.80.